The molecule has 6 nitrogen and oxygen atoms in total. The third-order valence-corrected chi connectivity index (χ3v) is 20.6. The predicted molar refractivity (Wildman–Crippen MR) is 270 cm³/mol. The molecular weight excluding hydrogens is 1360 g/mol. The molecule has 374 valence electrons. The number of carbonyl (C=O) groups excluding carboxylic acids is 1. The fraction of sp³-hybridized carbons (Fsp3) is 0.603. The van der Waals surface area contributed by atoms with Gasteiger partial charge in [-0.25, -0.2) is 0 Å². The third-order valence-electron chi connectivity index (χ3n) is 17.7. The number of Topliss-reactive ketones (excluding diaryl/α,β-unsaturated/α-hetero) is 1. The summed E-state index contributed by atoms with van der Waals surface area (Å²) in [4.78, 5) is 11.9. The first-order chi connectivity index (χ1) is 31.0. The molecule has 71 heavy (non-hydrogen) atoms. The van der Waals surface area contributed by atoms with Gasteiger partial charge < -0.3 is 25.0 Å². The molecule has 0 heterocycles. The molecule has 0 spiro atoms. The first-order valence-corrected chi connectivity index (χ1v) is 27.2. The van der Waals surface area contributed by atoms with Crippen LogP contribution in [0.4, 0.5) is 0 Å². The SMILES string of the molecule is C=C1[C@H](O)CC(=C/C=C2\CCC[C@]3(C)C([C@@H](C)CC)CC[C@@H]23)C[C@H]1O.C=C1[C@H](O)CC(=CCP(=O)(c2ccccc2)c2ccccc2)C[C@H]1O.CC[C@H](C)C1CC[C@H]2C(=O)CCC[C@]12C.[Y].[Y].[Y].[Y].[Y].[Y]. The van der Waals surface area contributed by atoms with Gasteiger partial charge in [-0.3, -0.25) is 4.79 Å². The Bertz CT molecular complexity index is 2040. The Morgan fingerprint density at radius 3 is 1.44 bits per heavy atom. The number of benzene rings is 2. The monoisotopic (exact) mass is 1440 g/mol. The van der Waals surface area contributed by atoms with E-state index in [0.717, 1.165) is 64.2 Å². The molecule has 6 aliphatic rings. The molecule has 2 aromatic rings. The van der Waals surface area contributed by atoms with Gasteiger partial charge in [0, 0.05) is 225 Å². The molecular formula is C58H83O6PY6. The van der Waals surface area contributed by atoms with Crippen molar-refractivity contribution in [3.05, 3.63) is 120 Å². The second-order valence-corrected chi connectivity index (χ2v) is 24.4. The van der Waals surface area contributed by atoms with Crippen molar-refractivity contribution in [2.24, 2.45) is 46.3 Å². The number of carbonyl (C=O) groups is 1. The first-order valence-electron chi connectivity index (χ1n) is 25.4. The van der Waals surface area contributed by atoms with E-state index < -0.39 is 31.6 Å². The molecule has 2 unspecified atom stereocenters. The number of fused-ring (bicyclic) bond motifs is 2. The molecule has 6 saturated carbocycles. The zero-order chi connectivity index (χ0) is 47.1. The van der Waals surface area contributed by atoms with E-state index in [0.29, 0.717) is 65.5 Å². The minimum Gasteiger partial charge on any atom is -0.388 e. The van der Waals surface area contributed by atoms with Gasteiger partial charge in [0.05, 0.1) is 24.4 Å². The summed E-state index contributed by atoms with van der Waals surface area (Å²) in [5.74, 6) is 4.98. The minimum absolute atomic E-state index is 0. The van der Waals surface area contributed by atoms with Crippen LogP contribution in [-0.4, -0.2) is 56.8 Å². The van der Waals surface area contributed by atoms with Crippen LogP contribution < -0.4 is 10.6 Å². The first kappa shape index (κ1) is 74.5. The van der Waals surface area contributed by atoms with Crippen molar-refractivity contribution >= 4 is 23.5 Å². The smallest absolute Gasteiger partial charge is 0.146 e. The van der Waals surface area contributed by atoms with Crippen LogP contribution in [0.15, 0.2) is 120 Å². The summed E-state index contributed by atoms with van der Waals surface area (Å²) >= 11 is 0. The molecule has 0 aromatic heterocycles. The van der Waals surface area contributed by atoms with Crippen molar-refractivity contribution in [2.45, 2.75) is 169 Å². The summed E-state index contributed by atoms with van der Waals surface area (Å²) in [6, 6.07) is 19.0. The van der Waals surface area contributed by atoms with Crippen LogP contribution >= 0.6 is 7.14 Å². The zero-order valence-corrected chi connectivity index (χ0v) is 62.2. The van der Waals surface area contributed by atoms with Crippen LogP contribution in [-0.2, 0) is 206 Å². The van der Waals surface area contributed by atoms with Gasteiger partial charge in [-0.2, -0.15) is 0 Å². The Kier molecular flexibility index (Phi) is 36.4. The predicted octanol–water partition coefficient (Wildman–Crippen LogP) is 12.0. The van der Waals surface area contributed by atoms with Gasteiger partial charge in [-0.05, 0) is 135 Å². The molecule has 13 heteroatoms. The van der Waals surface area contributed by atoms with Gasteiger partial charge in [0.2, 0.25) is 0 Å². The van der Waals surface area contributed by atoms with Gasteiger partial charge in [0.1, 0.15) is 12.9 Å². The molecule has 6 radical (unpaired) electrons. The summed E-state index contributed by atoms with van der Waals surface area (Å²) in [6.45, 7) is 21.9. The topological polar surface area (TPSA) is 115 Å². The maximum Gasteiger partial charge on any atom is 0.146 e. The molecule has 0 bridgehead atoms. The second kappa shape index (κ2) is 34.7. The van der Waals surface area contributed by atoms with Crippen molar-refractivity contribution in [2.75, 3.05) is 6.16 Å². The Labute approximate surface area is 581 Å². The van der Waals surface area contributed by atoms with E-state index in [1.165, 1.54) is 64.2 Å². The molecule has 4 N–H and O–H groups in total. The second-order valence-electron chi connectivity index (χ2n) is 21.5. The zero-order valence-electron chi connectivity index (χ0n) is 44.2. The Balaban J connectivity index is 0.00000102. The molecule has 2 aromatic carbocycles. The largest absolute Gasteiger partial charge is 0.388 e. The number of rotatable bonds is 9. The maximum absolute atomic E-state index is 13.9. The number of allylic oxidation sites excluding steroid dienone is 4. The maximum atomic E-state index is 13.9. The Morgan fingerprint density at radius 1 is 0.606 bits per heavy atom. The van der Waals surface area contributed by atoms with Crippen molar-refractivity contribution in [3.63, 3.8) is 0 Å². The van der Waals surface area contributed by atoms with Crippen LogP contribution in [0.1, 0.15) is 144 Å². The Hall–Kier alpha value is 3.50. The molecule has 12 atom stereocenters. The van der Waals surface area contributed by atoms with Crippen molar-refractivity contribution in [1.82, 2.24) is 0 Å². The van der Waals surface area contributed by atoms with E-state index in [9.17, 15) is 29.8 Å². The van der Waals surface area contributed by atoms with E-state index in [1.807, 2.05) is 66.7 Å². The van der Waals surface area contributed by atoms with Crippen molar-refractivity contribution in [3.8, 4) is 0 Å². The van der Waals surface area contributed by atoms with Crippen LogP contribution in [0.5, 0.6) is 0 Å². The normalized spacial score (nSPS) is 31.2. The van der Waals surface area contributed by atoms with E-state index >= 15 is 0 Å². The fourth-order valence-corrected chi connectivity index (χ4v) is 15.8. The number of aliphatic hydroxyl groups excluding tert-OH is 4. The summed E-state index contributed by atoms with van der Waals surface area (Å²) in [5.41, 5.74) is 5.56. The van der Waals surface area contributed by atoms with Crippen molar-refractivity contribution < 1.29 is 226 Å². The van der Waals surface area contributed by atoms with E-state index in [4.69, 9.17) is 0 Å². The summed E-state index contributed by atoms with van der Waals surface area (Å²) < 4.78 is 13.9. The number of hydrogen-bond acceptors (Lipinski definition) is 6. The van der Waals surface area contributed by atoms with Crippen LogP contribution in [0.25, 0.3) is 0 Å². The van der Waals surface area contributed by atoms with Gasteiger partial charge in [-0.15, -0.1) is 0 Å². The van der Waals surface area contributed by atoms with Crippen LogP contribution in [0.3, 0.4) is 0 Å². The molecule has 0 amide bonds. The standard InChI is InChI=1S/C23H36O2.C21H23O3P.C14H24O.6Y/c1-5-15(2)19-10-11-20-18(7-6-12-23(19,20)4)9-8-17-13-21(24)16(3)22(25)14-17;1-16-20(22)14-17(15-21(16)23)12-13-25(24,18-8-4-2-5-9-18)19-10-6-3-7-11-19;1-4-10(2)11-7-8-12-13(15)6-5-9-14(11,12)3;;;;;;/h8-9,15,19-22,24-25H,3,5-7,10-14H2,1-2,4H3;2-12,20-23H,1,13-15H2;10-12H,4-9H2,1-3H3;;;;;;/b18-9+;;;;;;;;/t15-,19?,20-,21+,22+,23+;20-,21-;10-,11?,12-,14+;;;;;;/m010....../s1. The Morgan fingerprint density at radius 2 is 1.00 bits per heavy atom. The number of ketones is 1. The molecule has 8 rings (SSSR count). The van der Waals surface area contributed by atoms with Crippen molar-refractivity contribution in [1.29, 1.82) is 0 Å². The molecule has 0 saturated heterocycles. The average Bonchev–Trinajstić information content (AvgIpc) is 3.86. The van der Waals surface area contributed by atoms with Gasteiger partial charge in [0.25, 0.3) is 0 Å². The summed E-state index contributed by atoms with van der Waals surface area (Å²) in [5, 5.41) is 41.8. The van der Waals surface area contributed by atoms with Gasteiger partial charge >= 0.3 is 0 Å². The van der Waals surface area contributed by atoms with Crippen LogP contribution in [0, 0.1) is 46.3 Å². The number of hydrogen-bond donors (Lipinski definition) is 4. The van der Waals surface area contributed by atoms with Gasteiger partial charge in [0.15, 0.2) is 0 Å². The third kappa shape index (κ3) is 18.5. The van der Waals surface area contributed by atoms with Crippen LogP contribution in [0.2, 0.25) is 0 Å². The molecule has 0 aliphatic heterocycles. The van der Waals surface area contributed by atoms with E-state index in [-0.39, 0.29) is 196 Å². The van der Waals surface area contributed by atoms with E-state index in [1.54, 1.807) is 5.57 Å². The summed E-state index contributed by atoms with van der Waals surface area (Å²) in [7, 11) is -2.81. The average molecular weight is 1440 g/mol. The fourth-order valence-electron chi connectivity index (χ4n) is 13.3. The summed E-state index contributed by atoms with van der Waals surface area (Å²) in [6.07, 6.45) is 21.2. The quantitative estimate of drug-likeness (QED) is 0.147. The minimum atomic E-state index is -2.81. The molecule has 6 fully saturated rings. The van der Waals surface area contributed by atoms with Gasteiger partial charge in [-0.1, -0.05) is 163 Å². The molecule has 6 aliphatic carbocycles. The van der Waals surface area contributed by atoms with E-state index in [2.05, 4.69) is 66.9 Å². The number of aliphatic hydroxyl groups is 4.